The Kier molecular flexibility index (Phi) is 13.3. The molecule has 0 saturated carbocycles. The van der Waals surface area contributed by atoms with Gasteiger partial charge in [-0.15, -0.1) is 0 Å². The SMILES string of the molecule is CCCCCCCCCCCCCCC(C(CC)Cc1ccccc1)[n+]1cc[nH]c1. The largest absolute Gasteiger partial charge is 0.250 e. The molecule has 2 rings (SSSR count). The van der Waals surface area contributed by atoms with E-state index in [4.69, 9.17) is 0 Å². The van der Waals surface area contributed by atoms with Crippen molar-refractivity contribution in [3.63, 3.8) is 0 Å². The quantitative estimate of drug-likeness (QED) is 0.188. The fourth-order valence-corrected chi connectivity index (χ4v) is 4.80. The van der Waals surface area contributed by atoms with Gasteiger partial charge in [-0.2, -0.15) is 0 Å². The maximum Gasteiger partial charge on any atom is 0.241 e. The van der Waals surface area contributed by atoms with Gasteiger partial charge in [0.1, 0.15) is 18.4 Å². The van der Waals surface area contributed by atoms with Gasteiger partial charge in [0.15, 0.2) is 0 Å². The number of hydrogen-bond acceptors (Lipinski definition) is 0. The van der Waals surface area contributed by atoms with Crippen molar-refractivity contribution in [3.8, 4) is 0 Å². The van der Waals surface area contributed by atoms with Crippen LogP contribution in [0.2, 0.25) is 0 Å². The lowest BCUT2D eigenvalue weighted by molar-refractivity contribution is -0.730. The van der Waals surface area contributed by atoms with Gasteiger partial charge in [0.2, 0.25) is 6.33 Å². The average molecular weight is 412 g/mol. The van der Waals surface area contributed by atoms with Gasteiger partial charge in [0.05, 0.1) is 0 Å². The molecule has 0 radical (unpaired) electrons. The molecule has 0 fully saturated rings. The summed E-state index contributed by atoms with van der Waals surface area (Å²) in [5.74, 6) is 0.695. The van der Waals surface area contributed by atoms with E-state index in [9.17, 15) is 0 Å². The molecule has 0 aliphatic rings. The molecule has 0 aliphatic heterocycles. The Labute approximate surface area is 186 Å². The number of unbranched alkanes of at least 4 members (excludes halogenated alkanes) is 11. The molecule has 2 atom stereocenters. The summed E-state index contributed by atoms with van der Waals surface area (Å²) in [6.45, 7) is 4.65. The number of aromatic nitrogens is 2. The van der Waals surface area contributed by atoms with Gasteiger partial charge < -0.3 is 0 Å². The molecule has 1 heterocycles. The number of aromatic amines is 1. The predicted molar refractivity (Wildman–Crippen MR) is 130 cm³/mol. The fourth-order valence-electron chi connectivity index (χ4n) is 4.80. The van der Waals surface area contributed by atoms with Crippen molar-refractivity contribution < 1.29 is 4.57 Å². The van der Waals surface area contributed by atoms with E-state index in [2.05, 4.69) is 72.5 Å². The van der Waals surface area contributed by atoms with E-state index in [1.807, 2.05) is 0 Å². The zero-order valence-corrected chi connectivity index (χ0v) is 19.8. The Hall–Kier alpha value is -1.57. The molecule has 1 aromatic heterocycles. The third kappa shape index (κ3) is 9.96. The Morgan fingerprint density at radius 1 is 0.767 bits per heavy atom. The first-order valence-electron chi connectivity index (χ1n) is 12.9. The highest BCUT2D eigenvalue weighted by Crippen LogP contribution is 2.26. The minimum absolute atomic E-state index is 0.601. The van der Waals surface area contributed by atoms with Gasteiger partial charge in [-0.1, -0.05) is 115 Å². The highest BCUT2D eigenvalue weighted by molar-refractivity contribution is 5.15. The summed E-state index contributed by atoms with van der Waals surface area (Å²) < 4.78 is 2.43. The number of nitrogens with one attached hydrogen (secondary N) is 1. The molecule has 1 aromatic carbocycles. The first-order valence-corrected chi connectivity index (χ1v) is 12.9. The first kappa shape index (κ1) is 24.7. The third-order valence-corrected chi connectivity index (χ3v) is 6.71. The molecule has 2 heteroatoms. The van der Waals surface area contributed by atoms with Crippen molar-refractivity contribution in [1.82, 2.24) is 4.98 Å². The van der Waals surface area contributed by atoms with Crippen LogP contribution in [0.1, 0.15) is 115 Å². The number of imidazole rings is 1. The van der Waals surface area contributed by atoms with Crippen molar-refractivity contribution >= 4 is 0 Å². The highest BCUT2D eigenvalue weighted by Gasteiger charge is 2.25. The average Bonchev–Trinajstić information content (AvgIpc) is 3.31. The molecule has 30 heavy (non-hydrogen) atoms. The topological polar surface area (TPSA) is 19.7 Å². The van der Waals surface area contributed by atoms with E-state index in [0.717, 1.165) is 0 Å². The standard InChI is InChI=1S/C28H46N2/c1-3-5-6-7-8-9-10-11-12-13-14-18-21-28(30-23-22-29-25-30)27(4-2)24-26-19-16-15-17-20-26/h15-17,19-20,22-23,25,27-28H,3-14,18,21,24H2,1-2H3/p+1. The van der Waals surface area contributed by atoms with Crippen LogP contribution in [-0.2, 0) is 6.42 Å². The Morgan fingerprint density at radius 2 is 1.37 bits per heavy atom. The van der Waals surface area contributed by atoms with Crippen LogP contribution in [0.25, 0.3) is 0 Å². The zero-order valence-electron chi connectivity index (χ0n) is 19.8. The zero-order chi connectivity index (χ0) is 21.3. The summed E-state index contributed by atoms with van der Waals surface area (Å²) in [5, 5.41) is 0. The third-order valence-electron chi connectivity index (χ3n) is 6.71. The van der Waals surface area contributed by atoms with E-state index < -0.39 is 0 Å². The van der Waals surface area contributed by atoms with Crippen molar-refractivity contribution in [1.29, 1.82) is 0 Å². The van der Waals surface area contributed by atoms with Crippen molar-refractivity contribution in [2.45, 2.75) is 116 Å². The van der Waals surface area contributed by atoms with Crippen molar-refractivity contribution in [3.05, 3.63) is 54.6 Å². The fraction of sp³-hybridized carbons (Fsp3) is 0.679. The summed E-state index contributed by atoms with van der Waals surface area (Å²) >= 11 is 0. The number of hydrogen-bond donors (Lipinski definition) is 1. The van der Waals surface area contributed by atoms with Crippen LogP contribution >= 0.6 is 0 Å². The minimum Gasteiger partial charge on any atom is -0.250 e. The highest BCUT2D eigenvalue weighted by atomic mass is 15.1. The maximum absolute atomic E-state index is 3.26. The molecule has 2 unspecified atom stereocenters. The predicted octanol–water partition coefficient (Wildman–Crippen LogP) is 8.20. The Bertz CT molecular complexity index is 605. The Morgan fingerprint density at radius 3 is 1.90 bits per heavy atom. The lowest BCUT2D eigenvalue weighted by Crippen LogP contribution is -2.42. The van der Waals surface area contributed by atoms with Crippen LogP contribution < -0.4 is 4.57 Å². The second-order valence-electron chi connectivity index (χ2n) is 9.16. The second kappa shape index (κ2) is 16.2. The molecular weight excluding hydrogens is 364 g/mol. The summed E-state index contributed by atoms with van der Waals surface area (Å²) in [6, 6.07) is 11.6. The molecule has 1 N–H and O–H groups in total. The summed E-state index contributed by atoms with van der Waals surface area (Å²) in [7, 11) is 0. The van der Waals surface area contributed by atoms with E-state index >= 15 is 0 Å². The van der Waals surface area contributed by atoms with Gasteiger partial charge >= 0.3 is 0 Å². The normalized spacial score (nSPS) is 13.4. The molecule has 0 spiro atoms. The molecule has 0 bridgehead atoms. The van der Waals surface area contributed by atoms with Crippen LogP contribution in [0.3, 0.4) is 0 Å². The summed E-state index contributed by atoms with van der Waals surface area (Å²) in [4.78, 5) is 3.26. The van der Waals surface area contributed by atoms with E-state index in [-0.39, 0.29) is 0 Å². The second-order valence-corrected chi connectivity index (χ2v) is 9.16. The van der Waals surface area contributed by atoms with E-state index in [1.54, 1.807) is 0 Å². The van der Waals surface area contributed by atoms with Crippen molar-refractivity contribution in [2.24, 2.45) is 5.92 Å². The van der Waals surface area contributed by atoms with Crippen LogP contribution in [0.15, 0.2) is 49.1 Å². The van der Waals surface area contributed by atoms with Gasteiger partial charge in [0.25, 0.3) is 0 Å². The van der Waals surface area contributed by atoms with Gasteiger partial charge in [-0.3, -0.25) is 4.98 Å². The molecule has 168 valence electrons. The molecule has 0 saturated heterocycles. The lowest BCUT2D eigenvalue weighted by Gasteiger charge is -2.24. The van der Waals surface area contributed by atoms with Crippen LogP contribution in [0.4, 0.5) is 0 Å². The van der Waals surface area contributed by atoms with Crippen molar-refractivity contribution in [2.75, 3.05) is 0 Å². The van der Waals surface area contributed by atoms with Crippen LogP contribution in [-0.4, -0.2) is 4.98 Å². The Balaban J connectivity index is 1.65. The lowest BCUT2D eigenvalue weighted by atomic mass is 9.86. The van der Waals surface area contributed by atoms with E-state index in [1.165, 1.54) is 102 Å². The molecular formula is C28H47N2+. The minimum atomic E-state index is 0.601. The number of rotatable bonds is 18. The number of nitrogens with zero attached hydrogens (tertiary/aromatic N) is 1. The number of H-pyrrole nitrogens is 1. The molecule has 2 aromatic rings. The summed E-state index contributed by atoms with van der Waals surface area (Å²) in [6.07, 6.45) is 27.2. The number of benzene rings is 1. The monoisotopic (exact) mass is 411 g/mol. The van der Waals surface area contributed by atoms with E-state index in [0.29, 0.717) is 12.0 Å². The summed E-state index contributed by atoms with van der Waals surface area (Å²) in [5.41, 5.74) is 1.47. The maximum atomic E-state index is 3.26. The molecule has 0 amide bonds. The smallest absolute Gasteiger partial charge is 0.241 e. The van der Waals surface area contributed by atoms with Gasteiger partial charge in [-0.25, -0.2) is 4.57 Å². The van der Waals surface area contributed by atoms with Gasteiger partial charge in [0, 0.05) is 5.92 Å². The molecule has 0 aliphatic carbocycles. The first-order chi connectivity index (χ1) is 14.8. The van der Waals surface area contributed by atoms with Gasteiger partial charge in [-0.05, 0) is 31.2 Å². The van der Waals surface area contributed by atoms with Crippen LogP contribution in [0.5, 0.6) is 0 Å². The molecule has 2 nitrogen and oxygen atoms in total. The van der Waals surface area contributed by atoms with Crippen LogP contribution in [0, 0.1) is 5.92 Å².